The van der Waals surface area contributed by atoms with Crippen molar-refractivity contribution < 1.29 is 14.3 Å². The summed E-state index contributed by atoms with van der Waals surface area (Å²) in [5.74, 6) is -0.800. The van der Waals surface area contributed by atoms with Crippen molar-refractivity contribution in [2.24, 2.45) is 11.7 Å². The van der Waals surface area contributed by atoms with Gasteiger partial charge in [0.1, 0.15) is 0 Å². The highest BCUT2D eigenvalue weighted by molar-refractivity contribution is 5.76. The zero-order valence-corrected chi connectivity index (χ0v) is 10.6. The van der Waals surface area contributed by atoms with Crippen molar-refractivity contribution in [3.05, 3.63) is 0 Å². The normalized spacial score (nSPS) is 18.3. The van der Waals surface area contributed by atoms with Crippen LogP contribution >= 0.6 is 0 Å². The van der Waals surface area contributed by atoms with Crippen molar-refractivity contribution in [2.75, 3.05) is 20.2 Å². The molecule has 98 valence electrons. The Bertz CT molecular complexity index is 275. The van der Waals surface area contributed by atoms with E-state index in [2.05, 4.69) is 0 Å². The Labute approximate surface area is 102 Å². The van der Waals surface area contributed by atoms with Crippen molar-refractivity contribution in [3.8, 4) is 0 Å². The number of nitrogens with zero attached hydrogens (tertiary/aromatic N) is 1. The molecule has 0 bridgehead atoms. The molecule has 1 unspecified atom stereocenters. The first-order valence-corrected chi connectivity index (χ1v) is 6.14. The van der Waals surface area contributed by atoms with Crippen LogP contribution in [-0.4, -0.2) is 43.0 Å². The van der Waals surface area contributed by atoms with Gasteiger partial charge in [-0.2, -0.15) is 0 Å². The minimum absolute atomic E-state index is 0.222. The number of esters is 1. The van der Waals surface area contributed by atoms with E-state index in [0.29, 0.717) is 12.6 Å². The minimum Gasteiger partial charge on any atom is -0.469 e. The van der Waals surface area contributed by atoms with Crippen LogP contribution in [0.5, 0.6) is 0 Å². The second-order valence-electron chi connectivity index (χ2n) is 4.76. The molecule has 1 amide bonds. The molecule has 1 fully saturated rings. The van der Waals surface area contributed by atoms with E-state index in [4.69, 9.17) is 10.5 Å². The van der Waals surface area contributed by atoms with Gasteiger partial charge in [-0.25, -0.2) is 0 Å². The lowest BCUT2D eigenvalue weighted by molar-refractivity contribution is -0.146. The van der Waals surface area contributed by atoms with Crippen molar-refractivity contribution in [3.63, 3.8) is 0 Å². The third kappa shape index (κ3) is 4.34. The first-order valence-electron chi connectivity index (χ1n) is 6.14. The highest BCUT2D eigenvalue weighted by atomic mass is 16.5. The predicted octanol–water partition coefficient (Wildman–Crippen LogP) is 0.525. The monoisotopic (exact) mass is 242 g/mol. The number of rotatable bonds is 6. The summed E-state index contributed by atoms with van der Waals surface area (Å²) in [5.41, 5.74) is 5.25. The lowest BCUT2D eigenvalue weighted by Gasteiger charge is -2.29. The van der Waals surface area contributed by atoms with Crippen LogP contribution in [0.3, 0.4) is 0 Å². The average Bonchev–Trinajstić information content (AvgIpc) is 2.79. The molecule has 1 aliphatic carbocycles. The first kappa shape index (κ1) is 14.0. The van der Waals surface area contributed by atoms with Crippen molar-refractivity contribution >= 4 is 11.9 Å². The smallest absolute Gasteiger partial charge is 0.309 e. The molecule has 1 aliphatic rings. The summed E-state index contributed by atoms with van der Waals surface area (Å²) in [6.45, 7) is 2.58. The largest absolute Gasteiger partial charge is 0.469 e. The molecule has 5 nitrogen and oxygen atoms in total. The van der Waals surface area contributed by atoms with Gasteiger partial charge in [0, 0.05) is 12.6 Å². The highest BCUT2D eigenvalue weighted by Crippen LogP contribution is 2.24. The van der Waals surface area contributed by atoms with Gasteiger partial charge in [0.15, 0.2) is 0 Å². The lowest BCUT2D eigenvalue weighted by atomic mass is 10.1. The van der Waals surface area contributed by atoms with Crippen LogP contribution in [0.1, 0.15) is 32.6 Å². The molecule has 0 heterocycles. The van der Waals surface area contributed by atoms with Gasteiger partial charge >= 0.3 is 5.97 Å². The van der Waals surface area contributed by atoms with Gasteiger partial charge in [0.2, 0.25) is 5.91 Å². The SMILES string of the molecule is COC(=O)C(C)CN(CC(N)=O)C1CCCC1. The zero-order valence-electron chi connectivity index (χ0n) is 10.6. The Balaban J connectivity index is 2.56. The lowest BCUT2D eigenvalue weighted by Crippen LogP contribution is -2.43. The molecule has 0 aromatic carbocycles. The van der Waals surface area contributed by atoms with Gasteiger partial charge < -0.3 is 10.5 Å². The van der Waals surface area contributed by atoms with E-state index in [9.17, 15) is 9.59 Å². The number of amides is 1. The maximum Gasteiger partial charge on any atom is 0.309 e. The van der Waals surface area contributed by atoms with E-state index >= 15 is 0 Å². The molecule has 2 N–H and O–H groups in total. The van der Waals surface area contributed by atoms with Crippen LogP contribution in [0.15, 0.2) is 0 Å². The molecule has 0 spiro atoms. The fraction of sp³-hybridized carbons (Fsp3) is 0.833. The number of nitrogens with two attached hydrogens (primary N) is 1. The molecule has 0 aromatic rings. The molecular formula is C12H22N2O3. The minimum atomic E-state index is -0.339. The Morgan fingerprint density at radius 2 is 2.00 bits per heavy atom. The Morgan fingerprint density at radius 3 is 2.47 bits per heavy atom. The van der Waals surface area contributed by atoms with Gasteiger partial charge in [-0.05, 0) is 12.8 Å². The van der Waals surface area contributed by atoms with Crippen molar-refractivity contribution in [1.29, 1.82) is 0 Å². The number of carbonyl (C=O) groups is 2. The standard InChI is InChI=1S/C12H22N2O3/c1-9(12(16)17-2)7-14(8-11(13)15)10-5-3-4-6-10/h9-10H,3-8H2,1-2H3,(H2,13,15). The third-order valence-electron chi connectivity index (χ3n) is 3.31. The van der Waals surface area contributed by atoms with Gasteiger partial charge in [-0.3, -0.25) is 14.5 Å². The quantitative estimate of drug-likeness (QED) is 0.689. The van der Waals surface area contributed by atoms with E-state index in [1.165, 1.54) is 20.0 Å². The number of ether oxygens (including phenoxy) is 1. The second-order valence-corrected chi connectivity index (χ2v) is 4.76. The topological polar surface area (TPSA) is 72.6 Å². The highest BCUT2D eigenvalue weighted by Gasteiger charge is 2.27. The van der Waals surface area contributed by atoms with Crippen LogP contribution < -0.4 is 5.73 Å². The van der Waals surface area contributed by atoms with E-state index in [-0.39, 0.29) is 24.3 Å². The molecule has 0 saturated heterocycles. The summed E-state index contributed by atoms with van der Waals surface area (Å²) in [4.78, 5) is 24.5. The van der Waals surface area contributed by atoms with Gasteiger partial charge in [0.25, 0.3) is 0 Å². The van der Waals surface area contributed by atoms with E-state index in [0.717, 1.165) is 12.8 Å². The van der Waals surface area contributed by atoms with Crippen LogP contribution in [0.2, 0.25) is 0 Å². The van der Waals surface area contributed by atoms with Crippen molar-refractivity contribution in [1.82, 2.24) is 4.90 Å². The predicted molar refractivity (Wildman–Crippen MR) is 64.2 cm³/mol. The van der Waals surface area contributed by atoms with Crippen molar-refractivity contribution in [2.45, 2.75) is 38.6 Å². The summed E-state index contributed by atoms with van der Waals surface area (Å²) in [5, 5.41) is 0. The average molecular weight is 242 g/mol. The van der Waals surface area contributed by atoms with E-state index in [1.807, 2.05) is 11.8 Å². The Morgan fingerprint density at radius 1 is 1.41 bits per heavy atom. The molecule has 1 atom stereocenters. The molecule has 17 heavy (non-hydrogen) atoms. The van der Waals surface area contributed by atoms with Gasteiger partial charge in [-0.15, -0.1) is 0 Å². The number of primary amides is 1. The molecular weight excluding hydrogens is 220 g/mol. The fourth-order valence-corrected chi connectivity index (χ4v) is 2.44. The first-order chi connectivity index (χ1) is 8.04. The number of hydrogen-bond acceptors (Lipinski definition) is 4. The molecule has 0 aromatic heterocycles. The molecule has 1 rings (SSSR count). The summed E-state index contributed by atoms with van der Waals surface area (Å²) in [6.07, 6.45) is 4.54. The van der Waals surface area contributed by atoms with Crippen LogP contribution in [0.4, 0.5) is 0 Å². The van der Waals surface area contributed by atoms with Crippen LogP contribution in [-0.2, 0) is 14.3 Å². The Kier molecular flexibility index (Phi) is 5.41. The maximum atomic E-state index is 11.4. The summed E-state index contributed by atoms with van der Waals surface area (Å²) in [6, 6.07) is 0.384. The number of hydrogen-bond donors (Lipinski definition) is 1. The van der Waals surface area contributed by atoms with Crippen LogP contribution in [0, 0.1) is 5.92 Å². The number of carbonyl (C=O) groups excluding carboxylic acids is 2. The third-order valence-corrected chi connectivity index (χ3v) is 3.31. The summed E-state index contributed by atoms with van der Waals surface area (Å²) in [7, 11) is 1.38. The van der Waals surface area contributed by atoms with Gasteiger partial charge in [0.05, 0.1) is 19.6 Å². The van der Waals surface area contributed by atoms with E-state index in [1.54, 1.807) is 0 Å². The molecule has 0 radical (unpaired) electrons. The van der Waals surface area contributed by atoms with Crippen LogP contribution in [0.25, 0.3) is 0 Å². The molecule has 5 heteroatoms. The summed E-state index contributed by atoms with van der Waals surface area (Å²) >= 11 is 0. The second kappa shape index (κ2) is 6.59. The van der Waals surface area contributed by atoms with Gasteiger partial charge in [-0.1, -0.05) is 19.8 Å². The maximum absolute atomic E-state index is 11.4. The zero-order chi connectivity index (χ0) is 12.8. The Hall–Kier alpha value is -1.10. The molecule has 0 aliphatic heterocycles. The number of methoxy groups -OCH3 is 1. The summed E-state index contributed by atoms with van der Waals surface area (Å²) < 4.78 is 4.70. The van der Waals surface area contributed by atoms with E-state index < -0.39 is 0 Å². The fourth-order valence-electron chi connectivity index (χ4n) is 2.44. The molecule has 1 saturated carbocycles.